The van der Waals surface area contributed by atoms with Gasteiger partial charge in [-0.2, -0.15) is 0 Å². The number of hydrogen-bond donors (Lipinski definition) is 2. The van der Waals surface area contributed by atoms with Gasteiger partial charge in [0.1, 0.15) is 5.75 Å². The molecule has 0 fully saturated rings. The maximum atomic E-state index is 12.1. The van der Waals surface area contributed by atoms with Gasteiger partial charge in [-0.15, -0.1) is 11.3 Å². The zero-order valence-electron chi connectivity index (χ0n) is 14.5. The van der Waals surface area contributed by atoms with Gasteiger partial charge in [-0.05, 0) is 56.5 Å². The van der Waals surface area contributed by atoms with Crippen LogP contribution in [0.15, 0.2) is 36.4 Å². The van der Waals surface area contributed by atoms with Crippen molar-refractivity contribution in [1.29, 1.82) is 0 Å². The number of benzene rings is 1. The van der Waals surface area contributed by atoms with Crippen LogP contribution in [0.1, 0.15) is 41.1 Å². The molecule has 0 aliphatic rings. The summed E-state index contributed by atoms with van der Waals surface area (Å²) in [6.07, 6.45) is 2.26. The lowest BCUT2D eigenvalue weighted by Crippen LogP contribution is -2.26. The molecule has 6 heteroatoms. The van der Waals surface area contributed by atoms with E-state index in [9.17, 15) is 9.59 Å². The number of carbonyl (C=O) groups excluding carboxylic acids is 1. The van der Waals surface area contributed by atoms with E-state index < -0.39 is 5.97 Å². The normalized spacial score (nSPS) is 11.8. The minimum absolute atomic E-state index is 0.0342. The van der Waals surface area contributed by atoms with Gasteiger partial charge in [-0.25, -0.2) is 4.79 Å². The Morgan fingerprint density at radius 1 is 1.20 bits per heavy atom. The lowest BCUT2D eigenvalue weighted by atomic mass is 10.1. The van der Waals surface area contributed by atoms with Crippen LogP contribution in [0, 0.1) is 6.92 Å². The van der Waals surface area contributed by atoms with Crippen LogP contribution in [0.25, 0.3) is 0 Å². The van der Waals surface area contributed by atoms with E-state index in [1.54, 1.807) is 23.5 Å². The summed E-state index contributed by atoms with van der Waals surface area (Å²) in [6.45, 7) is 3.64. The van der Waals surface area contributed by atoms with Crippen LogP contribution < -0.4 is 10.1 Å². The Morgan fingerprint density at radius 3 is 2.52 bits per heavy atom. The number of ether oxygens (including phenoxy) is 1. The Bertz CT molecular complexity index is 708. The van der Waals surface area contributed by atoms with Crippen molar-refractivity contribution >= 4 is 23.2 Å². The van der Waals surface area contributed by atoms with E-state index in [2.05, 4.69) is 24.4 Å². The van der Waals surface area contributed by atoms with Gasteiger partial charge < -0.3 is 15.2 Å². The molecule has 2 rings (SSSR count). The summed E-state index contributed by atoms with van der Waals surface area (Å²) >= 11 is 1.78. The molecular formula is C19H23NO4S. The molecule has 0 radical (unpaired) electrons. The molecule has 0 aliphatic heterocycles. The number of hydrogen-bond acceptors (Lipinski definition) is 4. The van der Waals surface area contributed by atoms with Crippen LogP contribution in [-0.2, 0) is 16.0 Å². The van der Waals surface area contributed by atoms with E-state index in [0.29, 0.717) is 12.2 Å². The van der Waals surface area contributed by atoms with Crippen molar-refractivity contribution in [2.45, 2.75) is 39.2 Å². The lowest BCUT2D eigenvalue weighted by Gasteiger charge is -2.15. The van der Waals surface area contributed by atoms with Crippen LogP contribution in [0.4, 0.5) is 0 Å². The van der Waals surface area contributed by atoms with Crippen molar-refractivity contribution in [3.63, 3.8) is 0 Å². The van der Waals surface area contributed by atoms with E-state index in [-0.39, 0.29) is 18.6 Å². The average molecular weight is 361 g/mol. The van der Waals surface area contributed by atoms with Gasteiger partial charge in [0.15, 0.2) is 6.61 Å². The molecule has 134 valence electrons. The fraction of sp³-hybridized carbons (Fsp3) is 0.368. The van der Waals surface area contributed by atoms with Gasteiger partial charge in [-0.3, -0.25) is 4.79 Å². The molecule has 0 saturated heterocycles. The van der Waals surface area contributed by atoms with Crippen molar-refractivity contribution in [1.82, 2.24) is 5.32 Å². The van der Waals surface area contributed by atoms with Crippen molar-refractivity contribution in [2.75, 3.05) is 6.61 Å². The van der Waals surface area contributed by atoms with Crippen LogP contribution in [0.2, 0.25) is 0 Å². The summed E-state index contributed by atoms with van der Waals surface area (Å²) in [5.74, 6) is -0.481. The summed E-state index contributed by atoms with van der Waals surface area (Å²) in [5, 5.41) is 11.6. The molecular weight excluding hydrogens is 338 g/mol. The number of aryl methyl sites for hydroxylation is 2. The minimum Gasteiger partial charge on any atom is -0.482 e. The van der Waals surface area contributed by atoms with Crippen LogP contribution in [0.5, 0.6) is 5.75 Å². The molecule has 5 nitrogen and oxygen atoms in total. The third-order valence-electron chi connectivity index (χ3n) is 3.74. The highest BCUT2D eigenvalue weighted by Crippen LogP contribution is 2.19. The number of rotatable bonds is 9. The molecule has 1 unspecified atom stereocenters. The Morgan fingerprint density at radius 2 is 1.92 bits per heavy atom. The second kappa shape index (κ2) is 9.22. The molecule has 0 bridgehead atoms. The number of thiophene rings is 1. The molecule has 0 saturated carbocycles. The van der Waals surface area contributed by atoms with Gasteiger partial charge >= 0.3 is 5.97 Å². The van der Waals surface area contributed by atoms with Gasteiger partial charge in [0.05, 0.1) is 6.04 Å². The third kappa shape index (κ3) is 6.58. The number of carboxylic acids is 1. The molecule has 1 atom stereocenters. The van der Waals surface area contributed by atoms with E-state index >= 15 is 0 Å². The molecule has 1 aromatic heterocycles. The topological polar surface area (TPSA) is 75.6 Å². The molecule has 2 N–H and O–H groups in total. The Kier molecular flexibility index (Phi) is 7.01. The molecule has 0 spiro atoms. The number of aliphatic carboxylic acids is 1. The van der Waals surface area contributed by atoms with Gasteiger partial charge in [0.2, 0.25) is 5.91 Å². The first kappa shape index (κ1) is 19.0. The SMILES string of the molecule is Cc1ccc(CCCC(=O)NC(C)c2ccc(OCC(=O)O)cc2)s1. The van der Waals surface area contributed by atoms with Crippen LogP contribution >= 0.6 is 11.3 Å². The summed E-state index contributed by atoms with van der Waals surface area (Å²) in [4.78, 5) is 25.2. The summed E-state index contributed by atoms with van der Waals surface area (Å²) in [5.41, 5.74) is 0.949. The summed E-state index contributed by atoms with van der Waals surface area (Å²) < 4.78 is 5.09. The number of carbonyl (C=O) groups is 2. The first-order valence-corrected chi connectivity index (χ1v) is 9.05. The maximum Gasteiger partial charge on any atom is 0.341 e. The minimum atomic E-state index is -1.01. The quantitative estimate of drug-likeness (QED) is 0.714. The van der Waals surface area contributed by atoms with E-state index in [4.69, 9.17) is 9.84 Å². The smallest absolute Gasteiger partial charge is 0.341 e. The second-order valence-corrected chi connectivity index (χ2v) is 7.28. The largest absolute Gasteiger partial charge is 0.482 e. The van der Waals surface area contributed by atoms with Crippen molar-refractivity contribution in [3.8, 4) is 5.75 Å². The van der Waals surface area contributed by atoms with Crippen LogP contribution in [-0.4, -0.2) is 23.6 Å². The number of nitrogens with one attached hydrogen (secondary N) is 1. The first-order chi connectivity index (χ1) is 11.9. The Balaban J connectivity index is 1.75. The summed E-state index contributed by atoms with van der Waals surface area (Å²) in [7, 11) is 0. The molecule has 0 aliphatic carbocycles. The fourth-order valence-corrected chi connectivity index (χ4v) is 3.37. The Hall–Kier alpha value is -2.34. The zero-order valence-corrected chi connectivity index (χ0v) is 15.3. The summed E-state index contributed by atoms with van der Waals surface area (Å²) in [6, 6.07) is 11.2. The highest BCUT2D eigenvalue weighted by Gasteiger charge is 2.10. The Labute approximate surface area is 151 Å². The molecule has 1 heterocycles. The average Bonchev–Trinajstić information content (AvgIpc) is 2.98. The number of carboxylic acid groups (broad SMARTS) is 1. The second-order valence-electron chi connectivity index (χ2n) is 5.91. The molecule has 1 amide bonds. The fourth-order valence-electron chi connectivity index (χ4n) is 2.44. The molecule has 2 aromatic rings. The van der Waals surface area contributed by atoms with E-state index in [1.165, 1.54) is 9.75 Å². The standard InChI is InChI=1S/C19H23NO4S/c1-13-6-11-17(25-13)4-3-5-18(21)20-14(2)15-7-9-16(10-8-15)24-12-19(22)23/h6-11,14H,3-5,12H2,1-2H3,(H,20,21)(H,22,23). The molecule has 25 heavy (non-hydrogen) atoms. The van der Waals surface area contributed by atoms with Gasteiger partial charge in [0.25, 0.3) is 0 Å². The number of amides is 1. The van der Waals surface area contributed by atoms with E-state index in [0.717, 1.165) is 18.4 Å². The van der Waals surface area contributed by atoms with Gasteiger partial charge in [0, 0.05) is 16.2 Å². The highest BCUT2D eigenvalue weighted by atomic mass is 32.1. The zero-order chi connectivity index (χ0) is 18.2. The predicted molar refractivity (Wildman–Crippen MR) is 98.1 cm³/mol. The monoisotopic (exact) mass is 361 g/mol. The van der Waals surface area contributed by atoms with Crippen molar-refractivity contribution in [3.05, 3.63) is 51.7 Å². The predicted octanol–water partition coefficient (Wildman–Crippen LogP) is 3.72. The van der Waals surface area contributed by atoms with E-state index in [1.807, 2.05) is 19.1 Å². The van der Waals surface area contributed by atoms with Crippen molar-refractivity contribution < 1.29 is 19.4 Å². The van der Waals surface area contributed by atoms with Gasteiger partial charge in [-0.1, -0.05) is 12.1 Å². The van der Waals surface area contributed by atoms with Crippen LogP contribution in [0.3, 0.4) is 0 Å². The molecule has 1 aromatic carbocycles. The third-order valence-corrected chi connectivity index (χ3v) is 4.80. The first-order valence-electron chi connectivity index (χ1n) is 8.23. The highest BCUT2D eigenvalue weighted by molar-refractivity contribution is 7.11. The maximum absolute atomic E-state index is 12.1. The van der Waals surface area contributed by atoms with Crippen molar-refractivity contribution in [2.24, 2.45) is 0 Å². The lowest BCUT2D eigenvalue weighted by molar-refractivity contribution is -0.139.